The van der Waals surface area contributed by atoms with Crippen molar-refractivity contribution in [2.24, 2.45) is 0 Å². The van der Waals surface area contributed by atoms with Crippen molar-refractivity contribution in [3.63, 3.8) is 0 Å². The third kappa shape index (κ3) is 10.9. The van der Waals surface area contributed by atoms with Crippen molar-refractivity contribution in [3.8, 4) is 16.9 Å². The molecular weight excluding hydrogens is 664 g/mol. The molecule has 1 fully saturated rings. The Bertz CT molecular complexity index is 1740. The number of aryl methyl sites for hydroxylation is 1. The standard InChI is InChI=1S/C41H48N4O5.ClH/c1-30-17-19-31(20-18-30)34-12-7-8-13-35(34)39(46)42-33-23-21-32(22-24-33)40(47)44(3)36-14-9-10-15-37(36)50-38(41(48)49)16-6-4-5-11-25-45-28-26-43(2)27-29-45;/h7-10,12-15,17-24,38H,4-6,11,16,25-29H2,1-3H3,(H,42,46)(H,48,49);1H. The second-order valence-electron chi connectivity index (χ2n) is 13.1. The molecule has 10 heteroatoms. The Morgan fingerprint density at radius 1 is 0.824 bits per heavy atom. The van der Waals surface area contributed by atoms with Gasteiger partial charge in [0.05, 0.1) is 5.69 Å². The summed E-state index contributed by atoms with van der Waals surface area (Å²) in [5, 5.41) is 12.9. The number of amides is 2. The molecule has 0 spiro atoms. The van der Waals surface area contributed by atoms with Gasteiger partial charge in [0.15, 0.2) is 6.10 Å². The minimum absolute atomic E-state index is 0. The number of para-hydroxylation sites is 2. The average molecular weight is 713 g/mol. The first-order valence-electron chi connectivity index (χ1n) is 17.4. The SMILES string of the molecule is Cc1ccc(-c2ccccc2C(=O)Nc2ccc(C(=O)N(C)c3ccccc3OC(CCCCCCN3CCN(C)CC3)C(=O)O)cc2)cc1.Cl. The molecule has 1 aliphatic heterocycles. The predicted molar refractivity (Wildman–Crippen MR) is 207 cm³/mol. The lowest BCUT2D eigenvalue weighted by Crippen LogP contribution is -2.44. The van der Waals surface area contributed by atoms with Crippen molar-refractivity contribution in [2.75, 3.05) is 57.0 Å². The van der Waals surface area contributed by atoms with Crippen LogP contribution in [-0.2, 0) is 4.79 Å². The second-order valence-corrected chi connectivity index (χ2v) is 13.1. The van der Waals surface area contributed by atoms with Gasteiger partial charge in [-0.3, -0.25) is 9.59 Å². The lowest BCUT2D eigenvalue weighted by molar-refractivity contribution is -0.145. The Hall–Kier alpha value is -4.70. The fourth-order valence-corrected chi connectivity index (χ4v) is 6.17. The smallest absolute Gasteiger partial charge is 0.344 e. The molecule has 0 bridgehead atoms. The van der Waals surface area contributed by atoms with E-state index in [0.29, 0.717) is 34.7 Å². The highest BCUT2D eigenvalue weighted by molar-refractivity contribution is 6.09. The fraction of sp³-hybridized carbons (Fsp3) is 0.341. The maximum Gasteiger partial charge on any atom is 0.344 e. The largest absolute Gasteiger partial charge is 0.479 e. The summed E-state index contributed by atoms with van der Waals surface area (Å²) in [5.74, 6) is -1.23. The first kappa shape index (κ1) is 39.1. The van der Waals surface area contributed by atoms with Gasteiger partial charge in [0.2, 0.25) is 0 Å². The van der Waals surface area contributed by atoms with Crippen LogP contribution in [0.5, 0.6) is 5.75 Å². The normalized spacial score (nSPS) is 13.9. The number of ether oxygens (including phenoxy) is 1. The first-order valence-corrected chi connectivity index (χ1v) is 17.4. The van der Waals surface area contributed by atoms with Crippen molar-refractivity contribution in [1.82, 2.24) is 9.80 Å². The molecule has 2 N–H and O–H groups in total. The molecule has 0 aromatic heterocycles. The van der Waals surface area contributed by atoms with Crippen LogP contribution in [0.3, 0.4) is 0 Å². The maximum absolute atomic E-state index is 13.6. The Morgan fingerprint density at radius 2 is 1.47 bits per heavy atom. The summed E-state index contributed by atoms with van der Waals surface area (Å²) in [4.78, 5) is 45.3. The second kappa shape index (κ2) is 19.1. The molecule has 1 aliphatic rings. The van der Waals surface area contributed by atoms with Crippen LogP contribution in [0.2, 0.25) is 0 Å². The highest BCUT2D eigenvalue weighted by Crippen LogP contribution is 2.31. The molecule has 1 heterocycles. The van der Waals surface area contributed by atoms with E-state index in [1.54, 1.807) is 61.6 Å². The number of piperazine rings is 1. The van der Waals surface area contributed by atoms with E-state index in [1.165, 1.54) is 4.90 Å². The van der Waals surface area contributed by atoms with Gasteiger partial charge in [-0.1, -0.05) is 73.0 Å². The average Bonchev–Trinajstić information content (AvgIpc) is 3.13. The molecule has 51 heavy (non-hydrogen) atoms. The molecule has 4 aromatic carbocycles. The van der Waals surface area contributed by atoms with E-state index >= 15 is 0 Å². The number of carbonyl (C=O) groups excluding carboxylic acids is 2. The van der Waals surface area contributed by atoms with E-state index < -0.39 is 12.1 Å². The molecule has 1 unspecified atom stereocenters. The van der Waals surface area contributed by atoms with Crippen molar-refractivity contribution in [2.45, 2.75) is 45.1 Å². The number of nitrogens with one attached hydrogen (secondary N) is 1. The molecule has 0 aliphatic carbocycles. The lowest BCUT2D eigenvalue weighted by Gasteiger charge is -2.32. The summed E-state index contributed by atoms with van der Waals surface area (Å²) in [6, 6.07) is 29.2. The van der Waals surface area contributed by atoms with Gasteiger partial charge in [0, 0.05) is 50.0 Å². The number of aliphatic carboxylic acids is 1. The van der Waals surface area contributed by atoms with Gasteiger partial charge in [-0.05, 0) is 93.4 Å². The van der Waals surface area contributed by atoms with Crippen LogP contribution in [0.1, 0.15) is 58.4 Å². The molecule has 0 radical (unpaired) electrons. The number of halogens is 1. The fourth-order valence-electron chi connectivity index (χ4n) is 6.17. The summed E-state index contributed by atoms with van der Waals surface area (Å²) in [6.45, 7) is 7.54. The van der Waals surface area contributed by atoms with E-state index in [9.17, 15) is 19.5 Å². The summed E-state index contributed by atoms with van der Waals surface area (Å²) < 4.78 is 6.02. The predicted octanol–water partition coefficient (Wildman–Crippen LogP) is 7.64. The zero-order valence-electron chi connectivity index (χ0n) is 29.7. The van der Waals surface area contributed by atoms with Gasteiger partial charge in [-0.2, -0.15) is 0 Å². The molecule has 4 aromatic rings. The summed E-state index contributed by atoms with van der Waals surface area (Å²) in [6.07, 6.45) is 3.21. The third-order valence-corrected chi connectivity index (χ3v) is 9.29. The monoisotopic (exact) mass is 712 g/mol. The minimum atomic E-state index is -1.02. The molecule has 9 nitrogen and oxygen atoms in total. The van der Waals surface area contributed by atoms with Crippen LogP contribution in [-0.4, -0.2) is 85.6 Å². The van der Waals surface area contributed by atoms with E-state index in [1.807, 2.05) is 49.4 Å². The highest BCUT2D eigenvalue weighted by Gasteiger charge is 2.24. The topological polar surface area (TPSA) is 102 Å². The summed E-state index contributed by atoms with van der Waals surface area (Å²) in [7, 11) is 3.79. The van der Waals surface area contributed by atoms with E-state index in [0.717, 1.165) is 75.1 Å². The van der Waals surface area contributed by atoms with Gasteiger partial charge in [0.1, 0.15) is 5.75 Å². The Balaban J connectivity index is 0.00000583. The molecule has 1 saturated heterocycles. The number of nitrogens with zero attached hydrogens (tertiary/aromatic N) is 3. The number of carbonyl (C=O) groups is 3. The molecule has 2 amide bonds. The van der Waals surface area contributed by atoms with Crippen LogP contribution in [0.25, 0.3) is 11.1 Å². The van der Waals surface area contributed by atoms with Crippen LogP contribution in [0.4, 0.5) is 11.4 Å². The van der Waals surface area contributed by atoms with Crippen molar-refractivity contribution in [3.05, 3.63) is 114 Å². The van der Waals surface area contributed by atoms with Gasteiger partial charge in [0.25, 0.3) is 11.8 Å². The minimum Gasteiger partial charge on any atom is -0.479 e. The van der Waals surface area contributed by atoms with E-state index in [-0.39, 0.29) is 24.2 Å². The van der Waals surface area contributed by atoms with Crippen LogP contribution >= 0.6 is 12.4 Å². The Kier molecular flexibility index (Phi) is 14.6. The van der Waals surface area contributed by atoms with Gasteiger partial charge in [-0.15, -0.1) is 12.4 Å². The van der Waals surface area contributed by atoms with Crippen LogP contribution < -0.4 is 15.0 Å². The van der Waals surface area contributed by atoms with E-state index in [4.69, 9.17) is 4.74 Å². The van der Waals surface area contributed by atoms with Gasteiger partial charge < -0.3 is 29.9 Å². The van der Waals surface area contributed by atoms with Crippen molar-refractivity contribution < 1.29 is 24.2 Å². The number of anilines is 2. The van der Waals surface area contributed by atoms with Crippen LogP contribution in [0.15, 0.2) is 97.1 Å². The summed E-state index contributed by atoms with van der Waals surface area (Å²) in [5.41, 5.74) is 4.92. The Labute approximate surface area is 307 Å². The number of benzene rings is 4. The Morgan fingerprint density at radius 3 is 2.18 bits per heavy atom. The van der Waals surface area contributed by atoms with Crippen molar-refractivity contribution in [1.29, 1.82) is 0 Å². The number of rotatable bonds is 15. The zero-order chi connectivity index (χ0) is 35.5. The van der Waals surface area contributed by atoms with E-state index in [2.05, 4.69) is 22.2 Å². The molecule has 0 saturated carbocycles. The quantitative estimate of drug-likeness (QED) is 0.122. The summed E-state index contributed by atoms with van der Waals surface area (Å²) >= 11 is 0. The molecular formula is C41H49ClN4O5. The van der Waals surface area contributed by atoms with Crippen molar-refractivity contribution >= 4 is 41.6 Å². The number of hydrogen-bond acceptors (Lipinski definition) is 6. The maximum atomic E-state index is 13.6. The van der Waals surface area contributed by atoms with Gasteiger partial charge in [-0.25, -0.2) is 4.79 Å². The lowest BCUT2D eigenvalue weighted by atomic mass is 9.98. The number of unbranched alkanes of at least 4 members (excludes halogenated alkanes) is 3. The number of carboxylic acids is 1. The first-order chi connectivity index (χ1) is 24.2. The number of likely N-dealkylation sites (N-methyl/N-ethyl adjacent to an activating group) is 1. The number of carboxylic acid groups (broad SMARTS) is 1. The number of hydrogen-bond donors (Lipinski definition) is 2. The zero-order valence-corrected chi connectivity index (χ0v) is 30.5. The molecule has 1 atom stereocenters. The third-order valence-electron chi connectivity index (χ3n) is 9.29. The highest BCUT2D eigenvalue weighted by atomic mass is 35.5. The van der Waals surface area contributed by atoms with Crippen LogP contribution in [0, 0.1) is 6.92 Å². The molecule has 5 rings (SSSR count). The molecule has 270 valence electrons. The van der Waals surface area contributed by atoms with Gasteiger partial charge >= 0.3 is 5.97 Å².